The van der Waals surface area contributed by atoms with E-state index in [-0.39, 0.29) is 0 Å². The average molecular weight is 328 g/mol. The zero-order valence-corrected chi connectivity index (χ0v) is 13.8. The molecule has 1 aromatic carbocycles. The lowest BCUT2D eigenvalue weighted by Crippen LogP contribution is -2.10. The van der Waals surface area contributed by atoms with Gasteiger partial charge in [-0.1, -0.05) is 6.07 Å². The molecular formula is C15H20O4S2. The summed E-state index contributed by atoms with van der Waals surface area (Å²) in [7, 11) is 0. The van der Waals surface area contributed by atoms with Gasteiger partial charge in [0.15, 0.2) is 0 Å². The minimum absolute atomic E-state index is 0.325. The van der Waals surface area contributed by atoms with Gasteiger partial charge in [-0.15, -0.1) is 0 Å². The summed E-state index contributed by atoms with van der Waals surface area (Å²) in [5.74, 6) is 0.760. The Kier molecular flexibility index (Phi) is 9.01. The van der Waals surface area contributed by atoms with E-state index < -0.39 is 11.9 Å². The van der Waals surface area contributed by atoms with Crippen LogP contribution in [-0.4, -0.2) is 42.9 Å². The molecule has 0 atom stereocenters. The highest BCUT2D eigenvalue weighted by atomic mass is 32.2. The van der Waals surface area contributed by atoms with E-state index in [0.717, 1.165) is 12.2 Å². The first-order valence-corrected chi connectivity index (χ1v) is 8.75. The molecular weight excluding hydrogens is 308 g/mol. The van der Waals surface area contributed by atoms with Gasteiger partial charge in [-0.2, -0.15) is 24.4 Å². The van der Waals surface area contributed by atoms with Crippen LogP contribution in [0.15, 0.2) is 24.3 Å². The van der Waals surface area contributed by atoms with Crippen LogP contribution in [0.3, 0.4) is 0 Å². The molecule has 0 aromatic heterocycles. The Morgan fingerprint density at radius 3 is 2.19 bits per heavy atom. The fourth-order valence-electron chi connectivity index (χ4n) is 1.54. The first-order valence-electron chi connectivity index (χ1n) is 6.73. The van der Waals surface area contributed by atoms with Crippen molar-refractivity contribution in [3.05, 3.63) is 35.4 Å². The molecule has 21 heavy (non-hydrogen) atoms. The first kappa shape index (κ1) is 17.9. The van der Waals surface area contributed by atoms with Crippen molar-refractivity contribution in [3.8, 4) is 0 Å². The summed E-state index contributed by atoms with van der Waals surface area (Å²) >= 11 is 5.75. The molecule has 0 saturated heterocycles. The van der Waals surface area contributed by atoms with Crippen LogP contribution in [0.5, 0.6) is 0 Å². The Morgan fingerprint density at radius 2 is 1.67 bits per heavy atom. The van der Waals surface area contributed by atoms with Crippen molar-refractivity contribution in [2.45, 2.75) is 12.8 Å². The van der Waals surface area contributed by atoms with E-state index in [2.05, 4.69) is 12.6 Å². The summed E-state index contributed by atoms with van der Waals surface area (Å²) in [6.07, 6.45) is 3.52. The molecule has 0 heterocycles. The van der Waals surface area contributed by atoms with Gasteiger partial charge in [-0.25, -0.2) is 9.59 Å². The molecule has 0 aliphatic rings. The van der Waals surface area contributed by atoms with Gasteiger partial charge in [0.1, 0.15) is 0 Å². The average Bonchev–Trinajstić information content (AvgIpc) is 2.51. The predicted octanol–water partition coefficient (Wildman–Crippen LogP) is 3.07. The highest BCUT2D eigenvalue weighted by Gasteiger charge is 2.12. The fourth-order valence-corrected chi connectivity index (χ4v) is 2.07. The Hall–Kier alpha value is -1.14. The van der Waals surface area contributed by atoms with Crippen LogP contribution in [0.1, 0.15) is 33.6 Å². The number of thioether (sulfide) groups is 1. The molecule has 6 heteroatoms. The second-order valence-corrected chi connectivity index (χ2v) is 5.71. The van der Waals surface area contributed by atoms with Crippen molar-refractivity contribution >= 4 is 36.3 Å². The Bertz CT molecular complexity index is 463. The normalized spacial score (nSPS) is 10.2. The number of benzene rings is 1. The zero-order chi connectivity index (χ0) is 15.5. The zero-order valence-electron chi connectivity index (χ0n) is 12.0. The highest BCUT2D eigenvalue weighted by Crippen LogP contribution is 2.09. The van der Waals surface area contributed by atoms with Gasteiger partial charge in [0.05, 0.1) is 24.3 Å². The van der Waals surface area contributed by atoms with Crippen LogP contribution in [0.25, 0.3) is 0 Å². The van der Waals surface area contributed by atoms with Gasteiger partial charge in [0.25, 0.3) is 0 Å². The monoisotopic (exact) mass is 328 g/mol. The van der Waals surface area contributed by atoms with Crippen LogP contribution in [0, 0.1) is 0 Å². The van der Waals surface area contributed by atoms with Gasteiger partial charge in [-0.3, -0.25) is 0 Å². The molecule has 1 aromatic rings. The lowest BCUT2D eigenvalue weighted by atomic mass is 10.1. The fraction of sp³-hybridized carbons (Fsp3) is 0.467. The maximum atomic E-state index is 11.9. The quantitative estimate of drug-likeness (QED) is 0.429. The van der Waals surface area contributed by atoms with Crippen LogP contribution >= 0.6 is 24.4 Å². The molecule has 0 unspecified atom stereocenters. The number of hydrogen-bond acceptors (Lipinski definition) is 6. The number of thiol groups is 1. The van der Waals surface area contributed by atoms with Crippen molar-refractivity contribution in [1.29, 1.82) is 0 Å². The van der Waals surface area contributed by atoms with Crippen LogP contribution in [0.4, 0.5) is 0 Å². The highest BCUT2D eigenvalue weighted by molar-refractivity contribution is 7.98. The Labute approximate surface area is 135 Å². The second-order valence-electron chi connectivity index (χ2n) is 4.28. The Morgan fingerprint density at radius 1 is 1.10 bits per heavy atom. The lowest BCUT2D eigenvalue weighted by Gasteiger charge is -2.07. The van der Waals surface area contributed by atoms with Gasteiger partial charge in [0.2, 0.25) is 0 Å². The molecule has 116 valence electrons. The first-order chi connectivity index (χ1) is 10.2. The summed E-state index contributed by atoms with van der Waals surface area (Å²) in [6.45, 7) is 0.710. The Balaban J connectivity index is 2.54. The van der Waals surface area contributed by atoms with E-state index in [1.165, 1.54) is 6.07 Å². The predicted molar refractivity (Wildman–Crippen MR) is 88.5 cm³/mol. The smallest absolute Gasteiger partial charge is 0.338 e. The van der Waals surface area contributed by atoms with Gasteiger partial charge < -0.3 is 9.47 Å². The van der Waals surface area contributed by atoms with Crippen LogP contribution in [-0.2, 0) is 9.47 Å². The van der Waals surface area contributed by atoms with E-state index in [0.29, 0.717) is 36.5 Å². The number of ether oxygens (including phenoxy) is 2. The number of hydrogen-bond donors (Lipinski definition) is 1. The van der Waals surface area contributed by atoms with E-state index in [4.69, 9.17) is 9.47 Å². The van der Waals surface area contributed by atoms with Gasteiger partial charge in [-0.05, 0) is 48.8 Å². The number of carbonyl (C=O) groups is 2. The minimum atomic E-state index is -0.436. The van der Waals surface area contributed by atoms with Crippen molar-refractivity contribution in [1.82, 2.24) is 0 Å². The van der Waals surface area contributed by atoms with Crippen molar-refractivity contribution < 1.29 is 19.1 Å². The lowest BCUT2D eigenvalue weighted by molar-refractivity contribution is 0.0505. The summed E-state index contributed by atoms with van der Waals surface area (Å²) in [6, 6.07) is 6.39. The van der Waals surface area contributed by atoms with Gasteiger partial charge >= 0.3 is 11.9 Å². The number of esters is 2. The van der Waals surface area contributed by atoms with Gasteiger partial charge in [0, 0.05) is 0 Å². The molecule has 0 spiro atoms. The van der Waals surface area contributed by atoms with E-state index in [1.807, 2.05) is 6.26 Å². The number of carbonyl (C=O) groups excluding carboxylic acids is 2. The van der Waals surface area contributed by atoms with E-state index in [1.54, 1.807) is 30.0 Å². The van der Waals surface area contributed by atoms with E-state index in [9.17, 15) is 9.59 Å². The summed E-state index contributed by atoms with van der Waals surface area (Å²) in [4.78, 5) is 23.6. The molecule has 0 aliphatic carbocycles. The van der Waals surface area contributed by atoms with Crippen LogP contribution in [0.2, 0.25) is 0 Å². The number of rotatable bonds is 9. The molecule has 0 N–H and O–H groups in total. The SMILES string of the molecule is CSCCCOC(=O)c1cccc(C(=O)OCCCS)c1. The third-order valence-corrected chi connectivity index (χ3v) is 3.61. The third kappa shape index (κ3) is 6.91. The van der Waals surface area contributed by atoms with Crippen molar-refractivity contribution in [2.75, 3.05) is 31.0 Å². The topological polar surface area (TPSA) is 52.6 Å². The molecule has 0 saturated carbocycles. The maximum absolute atomic E-state index is 11.9. The standard InChI is InChI=1S/C15H20O4S2/c1-21-10-4-8-19-15(17)13-6-2-5-12(11-13)14(16)18-7-3-9-20/h2,5-6,11,20H,3-4,7-10H2,1H3. The van der Waals surface area contributed by atoms with Crippen molar-refractivity contribution in [2.24, 2.45) is 0 Å². The summed E-state index contributed by atoms with van der Waals surface area (Å²) in [5.41, 5.74) is 0.718. The molecule has 0 fully saturated rings. The van der Waals surface area contributed by atoms with Crippen molar-refractivity contribution in [3.63, 3.8) is 0 Å². The largest absolute Gasteiger partial charge is 0.462 e. The molecule has 1 rings (SSSR count). The summed E-state index contributed by atoms with van der Waals surface area (Å²) < 4.78 is 10.2. The maximum Gasteiger partial charge on any atom is 0.338 e. The minimum Gasteiger partial charge on any atom is -0.462 e. The molecule has 0 radical (unpaired) electrons. The molecule has 0 aliphatic heterocycles. The molecule has 4 nitrogen and oxygen atoms in total. The molecule has 0 bridgehead atoms. The molecule has 0 amide bonds. The second kappa shape index (κ2) is 10.6. The third-order valence-electron chi connectivity index (χ3n) is 2.60. The summed E-state index contributed by atoms with van der Waals surface area (Å²) in [5, 5.41) is 0. The van der Waals surface area contributed by atoms with E-state index >= 15 is 0 Å². The van der Waals surface area contributed by atoms with Crippen LogP contribution < -0.4 is 0 Å².